The molecule has 0 aliphatic carbocycles. The Morgan fingerprint density at radius 1 is 1.10 bits per heavy atom. The van der Waals surface area contributed by atoms with Crippen LogP contribution in [0.5, 0.6) is 0 Å². The van der Waals surface area contributed by atoms with Crippen molar-refractivity contribution in [2.75, 3.05) is 20.2 Å². The van der Waals surface area contributed by atoms with Gasteiger partial charge in [-0.3, -0.25) is 24.2 Å². The number of aromatic nitrogens is 4. The molecule has 0 aromatic carbocycles. The van der Waals surface area contributed by atoms with Gasteiger partial charge in [-0.15, -0.1) is 5.10 Å². The Hall–Kier alpha value is -3.87. The maximum atomic E-state index is 14.4. The number of unbranched alkanes of at least 4 members (excludes halogenated alkanes) is 1. The van der Waals surface area contributed by atoms with Gasteiger partial charge >= 0.3 is 12.1 Å². The molecule has 17 nitrogen and oxygen atoms in total. The molecule has 0 spiro atoms. The first-order valence-electron chi connectivity index (χ1n) is 20.6. The number of carbonyl (C=O) groups is 4. The van der Waals surface area contributed by atoms with Crippen molar-refractivity contribution in [1.29, 1.82) is 0 Å². The molecule has 2 aromatic rings. The lowest BCUT2D eigenvalue weighted by atomic mass is 9.76. The van der Waals surface area contributed by atoms with Gasteiger partial charge in [0.25, 0.3) is 0 Å². The number of aldehydes is 1. The second kappa shape index (κ2) is 19.5. The second-order valence-electron chi connectivity index (χ2n) is 16.6. The number of esters is 1. The molecule has 322 valence electrons. The Morgan fingerprint density at radius 3 is 2.52 bits per heavy atom. The molecule has 3 fully saturated rings. The van der Waals surface area contributed by atoms with E-state index in [2.05, 4.69) is 20.6 Å². The zero-order valence-corrected chi connectivity index (χ0v) is 35.1. The summed E-state index contributed by atoms with van der Waals surface area (Å²) in [4.78, 5) is 60.6. The molecule has 17 heteroatoms. The van der Waals surface area contributed by atoms with Crippen molar-refractivity contribution in [3.8, 4) is 11.4 Å². The van der Waals surface area contributed by atoms with Gasteiger partial charge in [0.1, 0.15) is 35.7 Å². The highest BCUT2D eigenvalue weighted by Crippen LogP contribution is 2.40. The fraction of sp³-hybridized carbons (Fsp3) is 0.732. The fourth-order valence-corrected chi connectivity index (χ4v) is 9.03. The smallest absolute Gasteiger partial charge is 0.410 e. The number of amides is 1. The number of aliphatic hydroxyl groups excluding tert-OH is 1. The number of nitrogens with zero attached hydrogens (tertiary/aromatic N) is 5. The zero-order valence-electron chi connectivity index (χ0n) is 35.1. The molecule has 2 aromatic heterocycles. The molecule has 0 radical (unpaired) electrons. The lowest BCUT2D eigenvalue weighted by molar-refractivity contribution is -0.290. The van der Waals surface area contributed by atoms with Crippen LogP contribution < -0.4 is 11.1 Å². The van der Waals surface area contributed by atoms with Gasteiger partial charge in [-0.1, -0.05) is 32.1 Å². The van der Waals surface area contributed by atoms with Crippen LogP contribution in [0.4, 0.5) is 4.79 Å². The van der Waals surface area contributed by atoms with E-state index in [-0.39, 0.29) is 30.9 Å². The molecule has 1 amide bonds. The summed E-state index contributed by atoms with van der Waals surface area (Å²) in [6.45, 7) is 13.8. The van der Waals surface area contributed by atoms with Crippen LogP contribution in [0.25, 0.3) is 11.4 Å². The van der Waals surface area contributed by atoms with Crippen molar-refractivity contribution in [2.45, 2.75) is 154 Å². The van der Waals surface area contributed by atoms with Crippen LogP contribution in [-0.4, -0.2) is 134 Å². The average Bonchev–Trinajstić information content (AvgIpc) is 3.78. The Kier molecular flexibility index (Phi) is 15.2. The topological polar surface area (TPSA) is 220 Å². The van der Waals surface area contributed by atoms with Crippen LogP contribution in [0.1, 0.15) is 87.0 Å². The predicted molar refractivity (Wildman–Crippen MR) is 211 cm³/mol. The third kappa shape index (κ3) is 9.77. The second-order valence-corrected chi connectivity index (χ2v) is 16.6. The van der Waals surface area contributed by atoms with Gasteiger partial charge in [-0.25, -0.2) is 4.79 Å². The number of hydrogen-bond acceptors (Lipinski definition) is 15. The van der Waals surface area contributed by atoms with Gasteiger partial charge in [0.2, 0.25) is 0 Å². The summed E-state index contributed by atoms with van der Waals surface area (Å²) < 4.78 is 32.8. The maximum absolute atomic E-state index is 14.4. The summed E-state index contributed by atoms with van der Waals surface area (Å²) in [5, 5.41) is 23.2. The van der Waals surface area contributed by atoms with Crippen molar-refractivity contribution < 1.29 is 48.0 Å². The Bertz CT molecular complexity index is 1700. The van der Waals surface area contributed by atoms with Crippen LogP contribution in [0.2, 0.25) is 0 Å². The summed E-state index contributed by atoms with van der Waals surface area (Å²) in [5.74, 6) is -3.78. The van der Waals surface area contributed by atoms with Gasteiger partial charge < -0.3 is 44.6 Å². The molecule has 0 bridgehead atoms. The number of hydrogen-bond donors (Lipinski definition) is 3. The van der Waals surface area contributed by atoms with Crippen LogP contribution in [0.3, 0.4) is 0 Å². The van der Waals surface area contributed by atoms with Crippen molar-refractivity contribution in [2.24, 2.45) is 23.5 Å². The number of aryl methyl sites for hydroxylation is 1. The van der Waals surface area contributed by atoms with Gasteiger partial charge in [0.05, 0.1) is 30.1 Å². The van der Waals surface area contributed by atoms with E-state index in [1.165, 1.54) is 14.0 Å². The number of carbonyl (C=O) groups excluding carboxylic acids is 4. The molecule has 5 heterocycles. The number of nitrogens with one attached hydrogen (secondary N) is 1. The molecule has 5 rings (SSSR count). The number of rotatable bonds is 12. The third-order valence-corrected chi connectivity index (χ3v) is 12.2. The Labute approximate surface area is 341 Å². The molecule has 3 unspecified atom stereocenters. The van der Waals surface area contributed by atoms with E-state index in [0.717, 1.165) is 12.0 Å². The van der Waals surface area contributed by atoms with E-state index < -0.39 is 77.6 Å². The van der Waals surface area contributed by atoms with Crippen LogP contribution in [-0.2, 0) is 44.6 Å². The lowest BCUT2D eigenvalue weighted by Crippen LogP contribution is -2.61. The first-order chi connectivity index (χ1) is 27.6. The summed E-state index contributed by atoms with van der Waals surface area (Å²) in [5.41, 5.74) is 4.98. The third-order valence-electron chi connectivity index (χ3n) is 12.2. The molecule has 3 aliphatic heterocycles. The van der Waals surface area contributed by atoms with Crippen LogP contribution in [0, 0.1) is 17.8 Å². The number of fused-ring (bicyclic) bond motifs is 1. The minimum atomic E-state index is -1.37. The molecule has 58 heavy (non-hydrogen) atoms. The summed E-state index contributed by atoms with van der Waals surface area (Å²) in [7, 11) is 1.46. The Morgan fingerprint density at radius 2 is 1.84 bits per heavy atom. The molecule has 13 atom stereocenters. The number of pyridine rings is 1. The lowest BCUT2D eigenvalue weighted by Gasteiger charge is -2.46. The van der Waals surface area contributed by atoms with Crippen LogP contribution in [0.15, 0.2) is 30.6 Å². The molecular formula is C41H63N7O10. The fourth-order valence-electron chi connectivity index (χ4n) is 9.03. The van der Waals surface area contributed by atoms with Crippen molar-refractivity contribution in [3.63, 3.8) is 0 Å². The van der Waals surface area contributed by atoms with Gasteiger partial charge in [0.15, 0.2) is 17.7 Å². The number of ketones is 1. The summed E-state index contributed by atoms with van der Waals surface area (Å²) in [6.07, 6.45) is 1.03. The van der Waals surface area contributed by atoms with Crippen LogP contribution >= 0.6 is 0 Å². The number of cyclic esters (lactones) is 1. The predicted octanol–water partition coefficient (Wildman–Crippen LogP) is 3.06. The molecule has 0 saturated carbocycles. The van der Waals surface area contributed by atoms with E-state index in [9.17, 15) is 24.3 Å². The van der Waals surface area contributed by atoms with Gasteiger partial charge in [-0.05, 0) is 84.4 Å². The molecule has 3 aliphatic rings. The van der Waals surface area contributed by atoms with Gasteiger partial charge in [-0.2, -0.15) is 0 Å². The highest BCUT2D eigenvalue weighted by atomic mass is 16.7. The molecule has 3 saturated heterocycles. The summed E-state index contributed by atoms with van der Waals surface area (Å²) >= 11 is 0. The van der Waals surface area contributed by atoms with E-state index in [4.69, 9.17) is 29.4 Å². The quantitative estimate of drug-likeness (QED) is 0.121. The zero-order chi connectivity index (χ0) is 42.4. The standard InChI is InChI=1S/C41H63N7O10/c1-9-32-40(7)35(48(39(53)58-40)18-13-12-17-47-23-31(45-46-47)30-14-10-11-16-43-30)28(6)44-22-24(2)21-41(54-8,15-19-49)36(26(4)33(50)27(5)37(52)56-32)57-38-34(51)29(42)20-25(3)55-38/h10-11,14,16,19,23-29,32,34-36,38,44,51H,9,12-13,15,17-18,20-22,42H2,1-8H3/t24-,25?,26+,27-,28-,29?,32-,34?,35-,36-,38+,40-,41-/m1/s1. The number of nitrogens with two attached hydrogens (primary N) is 1. The highest BCUT2D eigenvalue weighted by molar-refractivity contribution is 6.00. The largest absolute Gasteiger partial charge is 0.458 e. The SMILES string of the molecule is CC[C@H]1OC(=O)[C@H](C)C(=O)[C@H](C)[C@@H](O[C@@H]2OC(C)CC(N)C2O)[C@](CC=O)(OC)C[C@@H](C)CN[C@H](C)[C@H]2N(CCCCn3cc(-c4ccccn4)nn3)C(=O)O[C@]12C. The Balaban J connectivity index is 1.41. The minimum Gasteiger partial charge on any atom is -0.458 e. The summed E-state index contributed by atoms with van der Waals surface area (Å²) in [6, 6.07) is 4.01. The molecular weight excluding hydrogens is 750 g/mol. The minimum absolute atomic E-state index is 0.150. The first-order valence-corrected chi connectivity index (χ1v) is 20.6. The number of ether oxygens (including phenoxy) is 5. The van der Waals surface area contributed by atoms with Gasteiger partial charge in [0, 0.05) is 50.8 Å². The monoisotopic (exact) mass is 813 g/mol. The number of Topliss-reactive ketones (excluding diaryl/α,β-unsaturated/α-hetero) is 1. The highest BCUT2D eigenvalue weighted by Gasteiger charge is 2.59. The normalized spacial score (nSPS) is 36.7. The average molecular weight is 814 g/mol. The van der Waals surface area contributed by atoms with Crippen molar-refractivity contribution >= 4 is 24.1 Å². The number of aliphatic hydroxyl groups is 1. The van der Waals surface area contributed by atoms with E-state index in [1.54, 1.807) is 29.6 Å². The molecule has 4 N–H and O–H groups in total. The van der Waals surface area contributed by atoms with Crippen molar-refractivity contribution in [3.05, 3.63) is 30.6 Å². The first kappa shape index (κ1) is 45.2. The van der Waals surface area contributed by atoms with Crippen molar-refractivity contribution in [1.82, 2.24) is 30.2 Å². The number of methoxy groups -OCH3 is 1. The maximum Gasteiger partial charge on any atom is 0.410 e. The van der Waals surface area contributed by atoms with E-state index in [1.807, 2.05) is 52.1 Å². The van der Waals surface area contributed by atoms with E-state index >= 15 is 0 Å². The van der Waals surface area contributed by atoms with E-state index in [0.29, 0.717) is 51.0 Å².